The minimum absolute atomic E-state index is 0.0581. The van der Waals surface area contributed by atoms with Crippen LogP contribution in [-0.2, 0) is 15.8 Å². The van der Waals surface area contributed by atoms with E-state index in [-0.39, 0.29) is 17.1 Å². The molecule has 2 aromatic rings. The van der Waals surface area contributed by atoms with Crippen LogP contribution in [0.4, 0.5) is 0 Å². The Kier molecular flexibility index (Phi) is 3.97. The van der Waals surface area contributed by atoms with Crippen LogP contribution in [0, 0.1) is 12.3 Å². The molecule has 0 bridgehead atoms. The number of likely N-dealkylation sites (N-methyl/N-ethyl adjacent to an activating group) is 1. The minimum Gasteiger partial charge on any atom is -0.446 e. The van der Waals surface area contributed by atoms with Gasteiger partial charge >= 0.3 is 0 Å². The van der Waals surface area contributed by atoms with Gasteiger partial charge in [-0.15, -0.1) is 0 Å². The molecule has 2 aliphatic rings. The molecule has 0 amide bonds. The zero-order valence-electron chi connectivity index (χ0n) is 14.6. The van der Waals surface area contributed by atoms with E-state index in [4.69, 9.17) is 4.42 Å². The van der Waals surface area contributed by atoms with E-state index in [1.54, 1.807) is 10.5 Å². The van der Waals surface area contributed by atoms with Gasteiger partial charge in [0, 0.05) is 31.6 Å². The summed E-state index contributed by atoms with van der Waals surface area (Å²) in [5.74, 6) is 1.74. The van der Waals surface area contributed by atoms with Gasteiger partial charge in [0.1, 0.15) is 5.76 Å². The van der Waals surface area contributed by atoms with E-state index >= 15 is 0 Å². The lowest BCUT2D eigenvalue weighted by molar-refractivity contribution is 0.0580. The molecule has 25 heavy (non-hydrogen) atoms. The lowest BCUT2D eigenvalue weighted by atomic mass is 9.73. The molecule has 2 fully saturated rings. The second kappa shape index (κ2) is 5.93. The summed E-state index contributed by atoms with van der Waals surface area (Å²) in [5.41, 5.74) is 0.738. The maximum absolute atomic E-state index is 12.7. The Morgan fingerprint density at radius 3 is 2.60 bits per heavy atom. The molecule has 6 nitrogen and oxygen atoms in total. The summed E-state index contributed by atoms with van der Waals surface area (Å²) in [5, 5.41) is 0. The summed E-state index contributed by atoms with van der Waals surface area (Å²) >= 11 is 0. The molecular weight excluding hydrogens is 338 g/mol. The van der Waals surface area contributed by atoms with Crippen LogP contribution in [0.3, 0.4) is 0 Å². The summed E-state index contributed by atoms with van der Waals surface area (Å²) in [7, 11) is -1.23. The van der Waals surface area contributed by atoms with Gasteiger partial charge in [-0.25, -0.2) is 17.7 Å². The van der Waals surface area contributed by atoms with E-state index in [0.29, 0.717) is 13.1 Å². The Bertz CT molecular complexity index is 857. The number of oxazole rings is 1. The van der Waals surface area contributed by atoms with Crippen LogP contribution >= 0.6 is 0 Å². The lowest BCUT2D eigenvalue weighted by Crippen LogP contribution is -2.61. The summed E-state index contributed by atoms with van der Waals surface area (Å²) < 4.78 is 32.8. The quantitative estimate of drug-likeness (QED) is 0.831. The minimum atomic E-state index is -3.29. The zero-order chi connectivity index (χ0) is 17.7. The predicted octanol–water partition coefficient (Wildman–Crippen LogP) is 1.84. The number of aryl methyl sites for hydroxylation is 1. The Morgan fingerprint density at radius 2 is 1.96 bits per heavy atom. The molecule has 1 aromatic heterocycles. The summed E-state index contributed by atoms with van der Waals surface area (Å²) in [4.78, 5) is 6.64. The van der Waals surface area contributed by atoms with Crippen LogP contribution in [0.2, 0.25) is 0 Å². The predicted molar refractivity (Wildman–Crippen MR) is 94.5 cm³/mol. The molecule has 1 spiro atoms. The molecule has 2 aliphatic heterocycles. The van der Waals surface area contributed by atoms with Crippen LogP contribution in [-0.4, -0.2) is 55.8 Å². The zero-order valence-corrected chi connectivity index (χ0v) is 15.4. The fourth-order valence-corrected chi connectivity index (χ4v) is 5.84. The van der Waals surface area contributed by atoms with Crippen LogP contribution < -0.4 is 0 Å². The SMILES string of the molecule is Cc1cnc(C2CN(C)CC23CN(S(=O)(=O)Cc2ccccc2)C3)o1. The molecule has 2 saturated heterocycles. The number of likely N-dealkylation sites (tertiary alicyclic amines) is 1. The first-order valence-electron chi connectivity index (χ1n) is 8.51. The Hall–Kier alpha value is -1.70. The number of rotatable bonds is 4. The standard InChI is InChI=1S/C18H23N3O3S/c1-14-8-19-17(24-14)16-9-20(2)11-18(16)12-21(13-18)25(22,23)10-15-6-4-3-5-7-15/h3-8,16H,9-13H2,1-2H3. The average molecular weight is 361 g/mol. The lowest BCUT2D eigenvalue weighted by Gasteiger charge is -2.49. The normalized spacial score (nSPS) is 23.8. The summed E-state index contributed by atoms with van der Waals surface area (Å²) in [6.45, 7) is 4.69. The van der Waals surface area contributed by atoms with Gasteiger partial charge in [0.2, 0.25) is 10.0 Å². The van der Waals surface area contributed by atoms with E-state index in [1.165, 1.54) is 0 Å². The van der Waals surface area contributed by atoms with Crippen LogP contribution in [0.25, 0.3) is 0 Å². The third-order valence-corrected chi connectivity index (χ3v) is 7.07. The molecule has 7 heteroatoms. The molecule has 0 aliphatic carbocycles. The molecule has 134 valence electrons. The average Bonchev–Trinajstić information content (AvgIpc) is 3.09. The monoisotopic (exact) mass is 361 g/mol. The van der Waals surface area contributed by atoms with E-state index < -0.39 is 10.0 Å². The van der Waals surface area contributed by atoms with E-state index in [0.717, 1.165) is 30.3 Å². The van der Waals surface area contributed by atoms with Gasteiger partial charge in [0.15, 0.2) is 5.89 Å². The number of nitrogens with zero attached hydrogens (tertiary/aromatic N) is 3. The Labute approximate surface area is 148 Å². The fraction of sp³-hybridized carbons (Fsp3) is 0.500. The molecule has 0 radical (unpaired) electrons. The van der Waals surface area contributed by atoms with Crippen LogP contribution in [0.5, 0.6) is 0 Å². The van der Waals surface area contributed by atoms with Gasteiger partial charge in [-0.05, 0) is 19.5 Å². The van der Waals surface area contributed by atoms with Crippen molar-refractivity contribution in [3.8, 4) is 0 Å². The number of benzene rings is 1. The van der Waals surface area contributed by atoms with Crippen LogP contribution in [0.15, 0.2) is 40.9 Å². The van der Waals surface area contributed by atoms with Crippen molar-refractivity contribution in [2.75, 3.05) is 33.2 Å². The highest BCUT2D eigenvalue weighted by Crippen LogP contribution is 2.49. The Balaban J connectivity index is 1.51. The van der Waals surface area contributed by atoms with Gasteiger partial charge in [-0.3, -0.25) is 0 Å². The van der Waals surface area contributed by atoms with Gasteiger partial charge in [-0.1, -0.05) is 30.3 Å². The summed E-state index contributed by atoms with van der Waals surface area (Å²) in [6.07, 6.45) is 1.74. The molecule has 1 aromatic carbocycles. The van der Waals surface area contributed by atoms with E-state index in [2.05, 4.69) is 16.9 Å². The van der Waals surface area contributed by atoms with Crippen molar-refractivity contribution in [3.63, 3.8) is 0 Å². The van der Waals surface area contributed by atoms with E-state index in [1.807, 2.05) is 37.3 Å². The van der Waals surface area contributed by atoms with Crippen molar-refractivity contribution in [3.05, 3.63) is 53.7 Å². The van der Waals surface area contributed by atoms with Gasteiger partial charge in [0.25, 0.3) is 0 Å². The topological polar surface area (TPSA) is 66.7 Å². The Morgan fingerprint density at radius 1 is 1.24 bits per heavy atom. The van der Waals surface area contributed by atoms with Crippen molar-refractivity contribution >= 4 is 10.0 Å². The van der Waals surface area contributed by atoms with Gasteiger partial charge < -0.3 is 9.32 Å². The number of hydrogen-bond acceptors (Lipinski definition) is 5. The second-order valence-electron chi connectivity index (χ2n) is 7.43. The molecule has 0 saturated carbocycles. The number of hydrogen-bond donors (Lipinski definition) is 0. The maximum Gasteiger partial charge on any atom is 0.218 e. The molecule has 1 atom stereocenters. The molecule has 0 N–H and O–H groups in total. The van der Waals surface area contributed by atoms with E-state index in [9.17, 15) is 8.42 Å². The highest BCUT2D eigenvalue weighted by molar-refractivity contribution is 7.88. The van der Waals surface area contributed by atoms with Crippen molar-refractivity contribution in [2.24, 2.45) is 5.41 Å². The van der Waals surface area contributed by atoms with Crippen molar-refractivity contribution in [1.82, 2.24) is 14.2 Å². The van der Waals surface area contributed by atoms with Crippen LogP contribution in [0.1, 0.15) is 23.1 Å². The fourth-order valence-electron chi connectivity index (χ4n) is 4.14. The first-order valence-corrected chi connectivity index (χ1v) is 10.1. The molecule has 3 heterocycles. The van der Waals surface area contributed by atoms with Gasteiger partial charge in [0.05, 0.1) is 17.9 Å². The van der Waals surface area contributed by atoms with Crippen molar-refractivity contribution in [2.45, 2.75) is 18.6 Å². The highest BCUT2D eigenvalue weighted by atomic mass is 32.2. The first kappa shape index (κ1) is 16.8. The maximum atomic E-state index is 12.7. The van der Waals surface area contributed by atoms with Gasteiger partial charge in [-0.2, -0.15) is 0 Å². The van der Waals surface area contributed by atoms with Crippen molar-refractivity contribution < 1.29 is 12.8 Å². The smallest absolute Gasteiger partial charge is 0.218 e. The highest BCUT2D eigenvalue weighted by Gasteiger charge is 2.58. The third kappa shape index (κ3) is 3.01. The second-order valence-corrected chi connectivity index (χ2v) is 9.40. The first-order chi connectivity index (χ1) is 11.9. The molecule has 1 unspecified atom stereocenters. The van der Waals surface area contributed by atoms with Crippen molar-refractivity contribution in [1.29, 1.82) is 0 Å². The number of aromatic nitrogens is 1. The largest absolute Gasteiger partial charge is 0.446 e. The summed E-state index contributed by atoms with van der Waals surface area (Å²) in [6, 6.07) is 9.35. The molecular formula is C18H23N3O3S. The number of sulfonamides is 1. The molecule has 4 rings (SSSR count). The third-order valence-electron chi connectivity index (χ3n) is 5.32.